The minimum atomic E-state index is -0.845. The molecule has 0 spiro atoms. The highest BCUT2D eigenvalue weighted by Gasteiger charge is 2.32. The van der Waals surface area contributed by atoms with Crippen molar-refractivity contribution >= 4 is 24.0 Å². The van der Waals surface area contributed by atoms with Gasteiger partial charge in [-0.2, -0.15) is 0 Å². The van der Waals surface area contributed by atoms with E-state index in [1.165, 1.54) is 4.90 Å². The molecule has 1 aromatic rings. The Morgan fingerprint density at radius 2 is 1.80 bits per heavy atom. The molecule has 1 unspecified atom stereocenters. The van der Waals surface area contributed by atoms with Crippen molar-refractivity contribution in [2.75, 3.05) is 13.1 Å². The van der Waals surface area contributed by atoms with Gasteiger partial charge in [0.1, 0.15) is 18.2 Å². The van der Waals surface area contributed by atoms with Gasteiger partial charge in [-0.25, -0.2) is 4.79 Å². The fraction of sp³-hybridized carbons (Fsp3) is 0.522. The van der Waals surface area contributed by atoms with Crippen molar-refractivity contribution in [3.05, 3.63) is 42.0 Å². The van der Waals surface area contributed by atoms with E-state index in [1.54, 1.807) is 39.8 Å². The van der Waals surface area contributed by atoms with Gasteiger partial charge in [0, 0.05) is 12.1 Å². The highest BCUT2D eigenvalue weighted by molar-refractivity contribution is 5.90. The minimum Gasteiger partial charge on any atom is -0.444 e. The first-order valence-electron chi connectivity index (χ1n) is 10.1. The molecular formula is C23H35N3O4. The lowest BCUT2D eigenvalue weighted by molar-refractivity contribution is -0.140. The number of hydrogen-bond acceptors (Lipinski definition) is 4. The quantitative estimate of drug-likeness (QED) is 0.709. The minimum absolute atomic E-state index is 0.275. The Morgan fingerprint density at radius 3 is 2.30 bits per heavy atom. The molecule has 0 bridgehead atoms. The van der Waals surface area contributed by atoms with E-state index in [-0.39, 0.29) is 24.9 Å². The van der Waals surface area contributed by atoms with Crippen molar-refractivity contribution in [2.45, 2.75) is 65.6 Å². The Labute approximate surface area is 179 Å². The van der Waals surface area contributed by atoms with Crippen LogP contribution in [0.15, 0.2) is 30.8 Å². The number of ether oxygens (including phenoxy) is 1. The fourth-order valence-electron chi connectivity index (χ4n) is 2.83. The molecule has 0 aliphatic carbocycles. The van der Waals surface area contributed by atoms with E-state index in [4.69, 9.17) is 4.74 Å². The summed E-state index contributed by atoms with van der Waals surface area (Å²) in [5.41, 5.74) is 0.374. The normalized spacial score (nSPS) is 12.5. The zero-order valence-corrected chi connectivity index (χ0v) is 19.2. The number of carbonyl (C=O) groups is 3. The molecule has 1 aromatic carbocycles. The second-order valence-electron chi connectivity index (χ2n) is 9.05. The van der Waals surface area contributed by atoms with Gasteiger partial charge in [-0.1, -0.05) is 30.9 Å². The van der Waals surface area contributed by atoms with Gasteiger partial charge in [-0.05, 0) is 65.7 Å². The summed E-state index contributed by atoms with van der Waals surface area (Å²) < 4.78 is 5.18. The first kappa shape index (κ1) is 25.2. The number of benzene rings is 1. The number of likely N-dealkylation sites (N-methyl/N-ethyl adjacent to an activating group) is 1. The number of nitrogens with one attached hydrogen (secondary N) is 2. The maximum absolute atomic E-state index is 13.1. The number of nitrogens with zero attached hydrogens (tertiary/aromatic N) is 1. The molecule has 1 atom stereocenters. The van der Waals surface area contributed by atoms with Crippen molar-refractivity contribution in [2.24, 2.45) is 0 Å². The molecule has 0 fully saturated rings. The summed E-state index contributed by atoms with van der Waals surface area (Å²) in [6.07, 6.45) is 1.00. The number of amides is 3. The molecule has 166 valence electrons. The van der Waals surface area contributed by atoms with Crippen molar-refractivity contribution < 1.29 is 19.1 Å². The summed E-state index contributed by atoms with van der Waals surface area (Å²) in [4.78, 5) is 39.5. The van der Waals surface area contributed by atoms with Crippen LogP contribution in [0.5, 0.6) is 0 Å². The summed E-state index contributed by atoms with van der Waals surface area (Å²) in [7, 11) is 0. The maximum Gasteiger partial charge on any atom is 0.408 e. The Kier molecular flexibility index (Phi) is 8.63. The topological polar surface area (TPSA) is 87.7 Å². The van der Waals surface area contributed by atoms with Crippen LogP contribution in [0.4, 0.5) is 4.79 Å². The van der Waals surface area contributed by atoms with E-state index in [1.807, 2.05) is 39.0 Å². The van der Waals surface area contributed by atoms with Crippen LogP contribution in [-0.2, 0) is 14.3 Å². The smallest absolute Gasteiger partial charge is 0.408 e. The predicted octanol–water partition coefficient (Wildman–Crippen LogP) is 3.66. The van der Waals surface area contributed by atoms with E-state index in [0.717, 1.165) is 5.56 Å². The molecule has 0 saturated carbocycles. The third-order valence-electron chi connectivity index (χ3n) is 3.96. The van der Waals surface area contributed by atoms with Gasteiger partial charge in [-0.3, -0.25) is 9.59 Å². The van der Waals surface area contributed by atoms with Crippen LogP contribution in [0.3, 0.4) is 0 Å². The van der Waals surface area contributed by atoms with Crippen LogP contribution in [0.25, 0.3) is 6.08 Å². The van der Waals surface area contributed by atoms with Crippen molar-refractivity contribution in [3.63, 3.8) is 0 Å². The van der Waals surface area contributed by atoms with Crippen LogP contribution in [0.1, 0.15) is 65.6 Å². The van der Waals surface area contributed by atoms with Crippen LogP contribution >= 0.6 is 0 Å². The van der Waals surface area contributed by atoms with Gasteiger partial charge in [0.15, 0.2) is 0 Å². The zero-order chi connectivity index (χ0) is 23.1. The SMILES string of the molecule is C=Cc1cccc(C(C(=O)NC(C)(C)C)N(CC)C(=O)CNC(=O)OC(C)(C)C)c1. The third kappa shape index (κ3) is 8.27. The molecule has 0 aliphatic heterocycles. The van der Waals surface area contributed by atoms with Crippen LogP contribution in [-0.4, -0.2) is 47.0 Å². The van der Waals surface area contributed by atoms with E-state index in [2.05, 4.69) is 17.2 Å². The van der Waals surface area contributed by atoms with Crippen LogP contribution in [0, 0.1) is 0 Å². The number of rotatable bonds is 7. The lowest BCUT2D eigenvalue weighted by Crippen LogP contribution is -2.51. The first-order valence-corrected chi connectivity index (χ1v) is 10.1. The number of hydrogen-bond donors (Lipinski definition) is 2. The van der Waals surface area contributed by atoms with E-state index in [0.29, 0.717) is 5.56 Å². The van der Waals surface area contributed by atoms with Gasteiger partial charge in [0.05, 0.1) is 0 Å². The Hall–Kier alpha value is -2.83. The summed E-state index contributed by atoms with van der Waals surface area (Å²) in [5, 5.41) is 5.42. The second kappa shape index (κ2) is 10.3. The molecule has 0 heterocycles. The van der Waals surface area contributed by atoms with Crippen LogP contribution in [0.2, 0.25) is 0 Å². The van der Waals surface area contributed by atoms with E-state index < -0.39 is 23.3 Å². The van der Waals surface area contributed by atoms with Gasteiger partial charge in [0.2, 0.25) is 11.8 Å². The first-order chi connectivity index (χ1) is 13.8. The van der Waals surface area contributed by atoms with Gasteiger partial charge >= 0.3 is 6.09 Å². The zero-order valence-electron chi connectivity index (χ0n) is 19.2. The average Bonchev–Trinajstić information content (AvgIpc) is 2.61. The lowest BCUT2D eigenvalue weighted by Gasteiger charge is -2.33. The Morgan fingerprint density at radius 1 is 1.17 bits per heavy atom. The number of alkyl carbamates (subject to hydrolysis) is 1. The molecule has 0 saturated heterocycles. The lowest BCUT2D eigenvalue weighted by atomic mass is 9.99. The van der Waals surface area contributed by atoms with Crippen molar-refractivity contribution in [1.29, 1.82) is 0 Å². The largest absolute Gasteiger partial charge is 0.444 e. The van der Waals surface area contributed by atoms with E-state index >= 15 is 0 Å². The number of carbonyl (C=O) groups excluding carboxylic acids is 3. The highest BCUT2D eigenvalue weighted by Crippen LogP contribution is 2.24. The van der Waals surface area contributed by atoms with Gasteiger partial charge in [0.25, 0.3) is 0 Å². The molecule has 0 aliphatic rings. The Balaban J connectivity index is 3.15. The van der Waals surface area contributed by atoms with Crippen molar-refractivity contribution in [3.8, 4) is 0 Å². The summed E-state index contributed by atoms with van der Waals surface area (Å²) in [6, 6.07) is 6.48. The van der Waals surface area contributed by atoms with Crippen molar-refractivity contribution in [1.82, 2.24) is 15.5 Å². The third-order valence-corrected chi connectivity index (χ3v) is 3.96. The molecule has 7 nitrogen and oxygen atoms in total. The van der Waals surface area contributed by atoms with Gasteiger partial charge in [-0.15, -0.1) is 0 Å². The standard InChI is InChI=1S/C23H35N3O4/c1-9-16-12-11-13-17(14-16)19(20(28)25-22(3,4)5)26(10-2)18(27)15-24-21(29)30-23(6,7)8/h9,11-14,19H,1,10,15H2,2-8H3,(H,24,29)(H,25,28). The molecule has 2 N–H and O–H groups in total. The summed E-state index contributed by atoms with van der Waals surface area (Å²) >= 11 is 0. The monoisotopic (exact) mass is 417 g/mol. The molecular weight excluding hydrogens is 382 g/mol. The predicted molar refractivity (Wildman–Crippen MR) is 119 cm³/mol. The molecule has 0 aromatic heterocycles. The molecule has 30 heavy (non-hydrogen) atoms. The molecule has 7 heteroatoms. The van der Waals surface area contributed by atoms with Gasteiger partial charge < -0.3 is 20.3 Å². The maximum atomic E-state index is 13.1. The van der Waals surface area contributed by atoms with Crippen LogP contribution < -0.4 is 10.6 Å². The van der Waals surface area contributed by atoms with E-state index in [9.17, 15) is 14.4 Å². The molecule has 3 amide bonds. The molecule has 0 radical (unpaired) electrons. The Bertz CT molecular complexity index is 775. The summed E-state index contributed by atoms with van der Waals surface area (Å²) in [6.45, 7) is 16.4. The second-order valence-corrected chi connectivity index (χ2v) is 9.05. The summed E-state index contributed by atoms with van der Waals surface area (Å²) in [5.74, 6) is -0.683. The highest BCUT2D eigenvalue weighted by atomic mass is 16.6. The molecule has 1 rings (SSSR count). The average molecular weight is 418 g/mol. The fourth-order valence-corrected chi connectivity index (χ4v) is 2.83.